The molecule has 0 atom stereocenters. The Bertz CT molecular complexity index is 335. The molecule has 13 heavy (non-hydrogen) atoms. The van der Waals surface area contributed by atoms with Crippen LogP contribution in [0.4, 0.5) is 8.87 Å². The Kier molecular flexibility index (Phi) is 2.60. The fourth-order valence-corrected chi connectivity index (χ4v) is 0.789. The van der Waals surface area contributed by atoms with E-state index in [-0.39, 0.29) is 17.2 Å². The van der Waals surface area contributed by atoms with Crippen LogP contribution in [0.3, 0.4) is 0 Å². The molecule has 0 fully saturated rings. The van der Waals surface area contributed by atoms with Gasteiger partial charge in [-0.2, -0.15) is 0 Å². The molecule has 0 amide bonds. The maximum atomic E-state index is 13.0. The first kappa shape index (κ1) is 9.63. The SMILES string of the molecule is CCOC(=O)c1nn(F)c(C)c1F. The molecule has 0 aliphatic heterocycles. The number of esters is 1. The normalized spacial score (nSPS) is 10.2. The summed E-state index contributed by atoms with van der Waals surface area (Å²) in [6.45, 7) is 2.83. The van der Waals surface area contributed by atoms with Crippen LogP contribution in [0.15, 0.2) is 0 Å². The first-order valence-corrected chi connectivity index (χ1v) is 3.66. The van der Waals surface area contributed by atoms with Crippen LogP contribution in [0.2, 0.25) is 0 Å². The van der Waals surface area contributed by atoms with E-state index >= 15 is 0 Å². The van der Waals surface area contributed by atoms with Crippen molar-refractivity contribution in [2.45, 2.75) is 13.8 Å². The summed E-state index contributed by atoms with van der Waals surface area (Å²) in [7, 11) is 0. The van der Waals surface area contributed by atoms with Gasteiger partial charge in [0.25, 0.3) is 0 Å². The molecule has 1 aromatic rings. The largest absolute Gasteiger partial charge is 0.461 e. The predicted molar refractivity (Wildman–Crippen MR) is 39.4 cm³/mol. The number of nitrogens with zero attached hydrogens (tertiary/aromatic N) is 2. The summed E-state index contributed by atoms with van der Waals surface area (Å²) in [5.74, 6) is -1.94. The molecular formula is C7H8F2N2O2. The number of aromatic nitrogens is 2. The minimum atomic E-state index is -0.985. The van der Waals surface area contributed by atoms with Crippen molar-refractivity contribution in [1.82, 2.24) is 10.0 Å². The predicted octanol–water partition coefficient (Wildman–Crippen LogP) is 1.24. The molecule has 0 bridgehead atoms. The van der Waals surface area contributed by atoms with E-state index in [9.17, 15) is 13.7 Å². The van der Waals surface area contributed by atoms with E-state index in [2.05, 4.69) is 9.84 Å². The topological polar surface area (TPSA) is 44.1 Å². The van der Waals surface area contributed by atoms with Crippen LogP contribution < -0.4 is 0 Å². The van der Waals surface area contributed by atoms with Crippen LogP contribution in [0, 0.1) is 12.7 Å². The van der Waals surface area contributed by atoms with Gasteiger partial charge in [0.2, 0.25) is 5.69 Å². The molecule has 1 aromatic heterocycles. The Hall–Kier alpha value is -1.46. The van der Waals surface area contributed by atoms with E-state index in [1.54, 1.807) is 6.92 Å². The molecule has 72 valence electrons. The van der Waals surface area contributed by atoms with Crippen LogP contribution in [-0.4, -0.2) is 22.6 Å². The number of halogens is 2. The lowest BCUT2D eigenvalue weighted by molar-refractivity contribution is 0.0511. The molecule has 0 saturated carbocycles. The smallest absolute Gasteiger partial charge is 0.362 e. The molecular weight excluding hydrogens is 182 g/mol. The van der Waals surface area contributed by atoms with Gasteiger partial charge in [-0.3, -0.25) is 0 Å². The number of hydrogen-bond donors (Lipinski definition) is 0. The molecule has 0 unspecified atom stereocenters. The maximum Gasteiger partial charge on any atom is 0.362 e. The van der Waals surface area contributed by atoms with Crippen molar-refractivity contribution in [2.75, 3.05) is 6.61 Å². The van der Waals surface area contributed by atoms with E-state index < -0.39 is 17.5 Å². The quantitative estimate of drug-likeness (QED) is 0.659. The van der Waals surface area contributed by atoms with Gasteiger partial charge in [0.15, 0.2) is 5.82 Å². The lowest BCUT2D eigenvalue weighted by Gasteiger charge is -1.95. The van der Waals surface area contributed by atoms with Crippen molar-refractivity contribution in [3.8, 4) is 0 Å². The Morgan fingerprint density at radius 2 is 2.31 bits per heavy atom. The lowest BCUT2D eigenvalue weighted by Crippen LogP contribution is -2.07. The highest BCUT2D eigenvalue weighted by Gasteiger charge is 2.21. The van der Waals surface area contributed by atoms with Crippen molar-refractivity contribution >= 4 is 5.97 Å². The number of carbonyl (C=O) groups excluding carboxylic acids is 1. The molecule has 0 aliphatic rings. The van der Waals surface area contributed by atoms with Crippen molar-refractivity contribution in [3.63, 3.8) is 0 Å². The summed E-state index contributed by atoms with van der Waals surface area (Å²) in [6.07, 6.45) is 0. The average Bonchev–Trinajstić information content (AvgIpc) is 2.33. The third kappa shape index (κ3) is 1.66. The number of ether oxygens (including phenoxy) is 1. The van der Waals surface area contributed by atoms with Crippen LogP contribution >= 0.6 is 0 Å². The molecule has 4 nitrogen and oxygen atoms in total. The van der Waals surface area contributed by atoms with Gasteiger partial charge in [-0.15, -0.1) is 5.10 Å². The van der Waals surface area contributed by atoms with Gasteiger partial charge in [-0.05, 0) is 13.8 Å². The summed E-state index contributed by atoms with van der Waals surface area (Å²) in [6, 6.07) is 0. The molecule has 0 radical (unpaired) electrons. The van der Waals surface area contributed by atoms with Crippen molar-refractivity contribution < 1.29 is 18.4 Å². The Morgan fingerprint density at radius 1 is 1.69 bits per heavy atom. The van der Waals surface area contributed by atoms with E-state index in [4.69, 9.17) is 0 Å². The van der Waals surface area contributed by atoms with Gasteiger partial charge in [0.05, 0.1) is 6.61 Å². The maximum absolute atomic E-state index is 13.0. The van der Waals surface area contributed by atoms with Gasteiger partial charge < -0.3 is 4.74 Å². The van der Waals surface area contributed by atoms with Gasteiger partial charge in [-0.1, -0.05) is 9.39 Å². The molecule has 0 N–H and O–H groups in total. The molecule has 0 spiro atoms. The van der Waals surface area contributed by atoms with Crippen LogP contribution in [-0.2, 0) is 4.74 Å². The number of rotatable bonds is 2. The summed E-state index contributed by atoms with van der Waals surface area (Å²) < 4.78 is 30.0. The zero-order chi connectivity index (χ0) is 10.0. The van der Waals surface area contributed by atoms with E-state index in [0.29, 0.717) is 0 Å². The summed E-state index contributed by atoms with van der Waals surface area (Å²) in [5.41, 5.74) is -0.968. The molecule has 1 heterocycles. The number of hydrogen-bond acceptors (Lipinski definition) is 3. The molecule has 0 aliphatic carbocycles. The van der Waals surface area contributed by atoms with Crippen LogP contribution in [0.1, 0.15) is 23.1 Å². The minimum Gasteiger partial charge on any atom is -0.461 e. The highest BCUT2D eigenvalue weighted by atomic mass is 19.2. The van der Waals surface area contributed by atoms with Gasteiger partial charge in [0.1, 0.15) is 5.69 Å². The minimum absolute atomic E-state index is 0.0937. The molecule has 0 saturated heterocycles. The van der Waals surface area contributed by atoms with E-state index in [1.807, 2.05) is 0 Å². The van der Waals surface area contributed by atoms with Crippen LogP contribution in [0.5, 0.6) is 0 Å². The van der Waals surface area contributed by atoms with Gasteiger partial charge in [0, 0.05) is 0 Å². The van der Waals surface area contributed by atoms with Crippen LogP contribution in [0.25, 0.3) is 0 Å². The third-order valence-corrected chi connectivity index (χ3v) is 1.46. The second-order valence-electron chi connectivity index (χ2n) is 2.33. The second-order valence-corrected chi connectivity index (χ2v) is 2.33. The summed E-state index contributed by atoms with van der Waals surface area (Å²) in [5, 5.41) is 3.03. The van der Waals surface area contributed by atoms with Crippen molar-refractivity contribution in [3.05, 3.63) is 17.2 Å². The fourth-order valence-electron chi connectivity index (χ4n) is 0.789. The lowest BCUT2D eigenvalue weighted by atomic mass is 10.3. The second kappa shape index (κ2) is 3.51. The Balaban J connectivity index is 3.01. The molecule has 0 aromatic carbocycles. The monoisotopic (exact) mass is 190 g/mol. The molecule has 1 rings (SSSR count). The van der Waals surface area contributed by atoms with Crippen molar-refractivity contribution in [1.29, 1.82) is 0 Å². The standard InChI is InChI=1S/C7H8F2N2O2/c1-3-13-7(12)6-5(8)4(2)11(9)10-6/h3H2,1-2H3. The zero-order valence-corrected chi connectivity index (χ0v) is 7.17. The average molecular weight is 190 g/mol. The number of carbonyl (C=O) groups is 1. The van der Waals surface area contributed by atoms with Gasteiger partial charge in [-0.25, -0.2) is 9.18 Å². The third-order valence-electron chi connectivity index (χ3n) is 1.46. The fraction of sp³-hybridized carbons (Fsp3) is 0.429. The molecule has 6 heteroatoms. The first-order chi connectivity index (χ1) is 6.07. The first-order valence-electron chi connectivity index (χ1n) is 3.66. The Morgan fingerprint density at radius 3 is 2.69 bits per heavy atom. The Labute approximate surface area is 73.0 Å². The highest BCUT2D eigenvalue weighted by Crippen LogP contribution is 2.12. The van der Waals surface area contributed by atoms with Gasteiger partial charge >= 0.3 is 5.97 Å². The summed E-state index contributed by atoms with van der Waals surface area (Å²) in [4.78, 5) is 10.7. The van der Waals surface area contributed by atoms with Crippen molar-refractivity contribution in [2.24, 2.45) is 0 Å². The van der Waals surface area contributed by atoms with E-state index in [1.165, 1.54) is 6.92 Å². The summed E-state index contributed by atoms with van der Waals surface area (Å²) >= 11 is 0. The highest BCUT2D eigenvalue weighted by molar-refractivity contribution is 5.87. The zero-order valence-electron chi connectivity index (χ0n) is 7.17. The van der Waals surface area contributed by atoms with E-state index in [0.717, 1.165) is 0 Å².